The van der Waals surface area contributed by atoms with Crippen molar-refractivity contribution in [2.75, 3.05) is 19.7 Å². The molecule has 0 aromatic heterocycles. The van der Waals surface area contributed by atoms with Crippen molar-refractivity contribution in [1.82, 2.24) is 4.90 Å². The Hall–Kier alpha value is -1.49. The number of aryl methyl sites for hydroxylation is 1. The minimum Gasteiger partial charge on any atom is -0.396 e. The summed E-state index contributed by atoms with van der Waals surface area (Å²) >= 11 is 0. The van der Waals surface area contributed by atoms with Gasteiger partial charge in [0.15, 0.2) is 0 Å². The molecule has 1 aromatic carbocycles. The van der Waals surface area contributed by atoms with Crippen LogP contribution >= 0.6 is 0 Å². The fraction of sp³-hybridized carbons (Fsp3) is 0.500. The normalized spacial score (nSPS) is 16.7. The molecular weight excluding hydrogens is 252 g/mol. The van der Waals surface area contributed by atoms with Gasteiger partial charge in [-0.2, -0.15) is 0 Å². The van der Waals surface area contributed by atoms with E-state index in [1.165, 1.54) is 11.8 Å². The Balaban J connectivity index is 2.14. The van der Waals surface area contributed by atoms with Gasteiger partial charge in [-0.25, -0.2) is 8.78 Å². The largest absolute Gasteiger partial charge is 0.396 e. The number of aliphatic hydroxyl groups is 1. The van der Waals surface area contributed by atoms with Crippen molar-refractivity contribution in [2.45, 2.75) is 19.8 Å². The average Bonchev–Trinajstić information content (AvgIpc) is 2.42. The van der Waals surface area contributed by atoms with Crippen molar-refractivity contribution in [3.05, 3.63) is 34.9 Å². The molecule has 0 unspecified atom stereocenters. The fourth-order valence-electron chi connectivity index (χ4n) is 2.30. The number of hydrogen-bond acceptors (Lipinski definition) is 2. The fourth-order valence-corrected chi connectivity index (χ4v) is 2.30. The number of nitrogens with zero attached hydrogens (tertiary/aromatic N) is 1. The Labute approximate surface area is 110 Å². The smallest absolute Gasteiger partial charge is 0.256 e. The molecule has 0 spiro atoms. The average molecular weight is 269 g/mol. The summed E-state index contributed by atoms with van der Waals surface area (Å²) in [5.41, 5.74) is -0.0291. The number of carbonyl (C=O) groups is 1. The highest BCUT2D eigenvalue weighted by atomic mass is 19.1. The molecule has 0 saturated carbocycles. The molecule has 0 atom stereocenters. The van der Waals surface area contributed by atoms with Gasteiger partial charge in [-0.1, -0.05) is 0 Å². The zero-order chi connectivity index (χ0) is 14.0. The first-order chi connectivity index (χ1) is 9.02. The van der Waals surface area contributed by atoms with Gasteiger partial charge in [0.2, 0.25) is 0 Å². The highest BCUT2D eigenvalue weighted by Gasteiger charge is 2.25. The van der Waals surface area contributed by atoms with E-state index in [0.29, 0.717) is 25.9 Å². The second kappa shape index (κ2) is 5.65. The topological polar surface area (TPSA) is 40.5 Å². The molecule has 104 valence electrons. The molecule has 1 aliphatic heterocycles. The molecule has 1 amide bonds. The molecule has 1 heterocycles. The van der Waals surface area contributed by atoms with E-state index in [4.69, 9.17) is 5.11 Å². The van der Waals surface area contributed by atoms with Gasteiger partial charge >= 0.3 is 0 Å². The number of amides is 1. The van der Waals surface area contributed by atoms with Crippen LogP contribution in [0.15, 0.2) is 12.1 Å². The molecule has 5 heteroatoms. The van der Waals surface area contributed by atoms with E-state index < -0.39 is 17.5 Å². The van der Waals surface area contributed by atoms with Gasteiger partial charge in [0, 0.05) is 19.7 Å². The first-order valence-electron chi connectivity index (χ1n) is 6.38. The van der Waals surface area contributed by atoms with Gasteiger partial charge in [-0.3, -0.25) is 4.79 Å². The summed E-state index contributed by atoms with van der Waals surface area (Å²) in [6.07, 6.45) is 1.39. The van der Waals surface area contributed by atoms with Crippen molar-refractivity contribution in [1.29, 1.82) is 0 Å². The van der Waals surface area contributed by atoms with Crippen LogP contribution in [0.2, 0.25) is 0 Å². The molecular formula is C14H17F2NO2. The van der Waals surface area contributed by atoms with E-state index in [0.717, 1.165) is 12.1 Å². The summed E-state index contributed by atoms with van der Waals surface area (Å²) in [4.78, 5) is 13.6. The Bertz CT molecular complexity index is 483. The van der Waals surface area contributed by atoms with E-state index in [9.17, 15) is 13.6 Å². The Morgan fingerprint density at radius 2 is 1.95 bits per heavy atom. The zero-order valence-corrected chi connectivity index (χ0v) is 10.8. The molecule has 3 nitrogen and oxygen atoms in total. The SMILES string of the molecule is Cc1cc(F)c(C(=O)N2CCC(CO)CC2)cc1F. The van der Waals surface area contributed by atoms with Crippen LogP contribution in [-0.4, -0.2) is 35.6 Å². The Kier molecular flexibility index (Phi) is 4.14. The lowest BCUT2D eigenvalue weighted by Gasteiger charge is -2.31. The second-order valence-electron chi connectivity index (χ2n) is 5.00. The second-order valence-corrected chi connectivity index (χ2v) is 5.00. The number of halogens is 2. The predicted molar refractivity (Wildman–Crippen MR) is 66.8 cm³/mol. The standard InChI is InChI=1S/C14H17F2NO2/c1-9-6-13(16)11(7-12(9)15)14(19)17-4-2-10(8-18)3-5-17/h6-7,10,18H,2-5,8H2,1H3. The summed E-state index contributed by atoms with van der Waals surface area (Å²) in [6, 6.07) is 2.01. The number of rotatable bonds is 2. The van der Waals surface area contributed by atoms with E-state index in [2.05, 4.69) is 0 Å². The van der Waals surface area contributed by atoms with Crippen LogP contribution in [0, 0.1) is 24.5 Å². The maximum Gasteiger partial charge on any atom is 0.256 e. The van der Waals surface area contributed by atoms with Crippen molar-refractivity contribution < 1.29 is 18.7 Å². The molecule has 1 N–H and O–H groups in total. The summed E-state index contributed by atoms with van der Waals surface area (Å²) in [6.45, 7) is 2.51. The molecule has 2 rings (SSSR count). The number of aliphatic hydroxyl groups excluding tert-OH is 1. The maximum absolute atomic E-state index is 13.7. The number of benzene rings is 1. The Morgan fingerprint density at radius 3 is 2.53 bits per heavy atom. The Morgan fingerprint density at radius 1 is 1.32 bits per heavy atom. The van der Waals surface area contributed by atoms with Crippen LogP contribution in [0.5, 0.6) is 0 Å². The minimum absolute atomic E-state index is 0.107. The number of likely N-dealkylation sites (tertiary alicyclic amines) is 1. The number of carbonyl (C=O) groups excluding carboxylic acids is 1. The molecule has 1 saturated heterocycles. The molecule has 0 aliphatic carbocycles. The van der Waals surface area contributed by atoms with Crippen LogP contribution in [0.4, 0.5) is 8.78 Å². The van der Waals surface area contributed by atoms with Crippen LogP contribution in [0.25, 0.3) is 0 Å². The van der Waals surface area contributed by atoms with E-state index in [1.54, 1.807) is 0 Å². The summed E-state index contributed by atoms with van der Waals surface area (Å²) in [5.74, 6) is -1.54. The molecule has 1 fully saturated rings. The first-order valence-corrected chi connectivity index (χ1v) is 6.38. The summed E-state index contributed by atoms with van der Waals surface area (Å²) in [5, 5.41) is 9.03. The lowest BCUT2D eigenvalue weighted by Crippen LogP contribution is -2.39. The predicted octanol–water partition coefficient (Wildman–Crippen LogP) is 2.12. The first kappa shape index (κ1) is 13.9. The van der Waals surface area contributed by atoms with Gasteiger partial charge < -0.3 is 10.0 Å². The maximum atomic E-state index is 13.7. The quantitative estimate of drug-likeness (QED) is 0.893. The van der Waals surface area contributed by atoms with Gasteiger partial charge in [0.05, 0.1) is 5.56 Å². The van der Waals surface area contributed by atoms with Gasteiger partial charge in [0.1, 0.15) is 11.6 Å². The zero-order valence-electron chi connectivity index (χ0n) is 10.8. The number of hydrogen-bond donors (Lipinski definition) is 1. The van der Waals surface area contributed by atoms with Crippen molar-refractivity contribution in [2.24, 2.45) is 5.92 Å². The van der Waals surface area contributed by atoms with Crippen molar-refractivity contribution in [3.63, 3.8) is 0 Å². The van der Waals surface area contributed by atoms with E-state index >= 15 is 0 Å². The third-order valence-electron chi connectivity index (χ3n) is 3.64. The van der Waals surface area contributed by atoms with Gasteiger partial charge in [-0.15, -0.1) is 0 Å². The highest BCUT2D eigenvalue weighted by Crippen LogP contribution is 2.21. The third kappa shape index (κ3) is 2.92. The van der Waals surface area contributed by atoms with Crippen LogP contribution < -0.4 is 0 Å². The molecule has 0 radical (unpaired) electrons. The molecule has 0 bridgehead atoms. The van der Waals surface area contributed by atoms with Crippen molar-refractivity contribution >= 4 is 5.91 Å². The lowest BCUT2D eigenvalue weighted by molar-refractivity contribution is 0.0646. The van der Waals surface area contributed by atoms with Gasteiger partial charge in [-0.05, 0) is 43.4 Å². The number of piperidine rings is 1. The molecule has 1 aromatic rings. The molecule has 1 aliphatic rings. The van der Waals surface area contributed by atoms with Crippen LogP contribution in [0.3, 0.4) is 0 Å². The van der Waals surface area contributed by atoms with E-state index in [1.807, 2.05) is 0 Å². The lowest BCUT2D eigenvalue weighted by atomic mass is 9.97. The van der Waals surface area contributed by atoms with Crippen LogP contribution in [0.1, 0.15) is 28.8 Å². The van der Waals surface area contributed by atoms with Gasteiger partial charge in [0.25, 0.3) is 5.91 Å². The van der Waals surface area contributed by atoms with E-state index in [-0.39, 0.29) is 23.7 Å². The summed E-state index contributed by atoms with van der Waals surface area (Å²) in [7, 11) is 0. The summed E-state index contributed by atoms with van der Waals surface area (Å²) < 4.78 is 27.2. The monoisotopic (exact) mass is 269 g/mol. The minimum atomic E-state index is -0.687. The third-order valence-corrected chi connectivity index (χ3v) is 3.64. The van der Waals surface area contributed by atoms with Crippen LogP contribution in [-0.2, 0) is 0 Å². The van der Waals surface area contributed by atoms with Crippen molar-refractivity contribution in [3.8, 4) is 0 Å². The molecule has 19 heavy (non-hydrogen) atoms. The highest BCUT2D eigenvalue weighted by molar-refractivity contribution is 5.94.